The van der Waals surface area contributed by atoms with E-state index in [-0.39, 0.29) is 5.69 Å². The summed E-state index contributed by atoms with van der Waals surface area (Å²) in [6.07, 6.45) is -2.57. The fraction of sp³-hybridized carbons (Fsp3) is 0.167. The number of urea groups is 1. The average molecular weight is 347 g/mol. The van der Waals surface area contributed by atoms with Crippen molar-refractivity contribution in [2.24, 2.45) is 0 Å². The van der Waals surface area contributed by atoms with E-state index in [9.17, 15) is 18.0 Å². The minimum absolute atomic E-state index is 0.282. The standard InChI is InChI=1S/C18H16F3N3O/c1-2-24-11-15(14-5-3-4-6-16(14)24)23-17(25)22-13-9-7-12(8-10-13)18(19,20)21/h3-11H,2H2,1H3,(H2,22,23,25). The fourth-order valence-electron chi connectivity index (χ4n) is 2.64. The van der Waals surface area contributed by atoms with Gasteiger partial charge in [-0.25, -0.2) is 4.79 Å². The highest BCUT2D eigenvalue weighted by Gasteiger charge is 2.29. The van der Waals surface area contributed by atoms with Crippen LogP contribution in [0.5, 0.6) is 0 Å². The molecule has 0 aliphatic rings. The third kappa shape index (κ3) is 3.60. The molecule has 0 saturated heterocycles. The average Bonchev–Trinajstić information content (AvgIpc) is 2.92. The predicted molar refractivity (Wildman–Crippen MR) is 91.7 cm³/mol. The molecule has 1 heterocycles. The molecule has 3 rings (SSSR count). The Balaban J connectivity index is 1.75. The van der Waals surface area contributed by atoms with Gasteiger partial charge in [0.05, 0.1) is 16.8 Å². The van der Waals surface area contributed by atoms with Gasteiger partial charge in [0.1, 0.15) is 0 Å². The van der Waals surface area contributed by atoms with Gasteiger partial charge in [0.2, 0.25) is 0 Å². The number of carbonyl (C=O) groups is 1. The van der Waals surface area contributed by atoms with Crippen LogP contribution < -0.4 is 10.6 Å². The van der Waals surface area contributed by atoms with Gasteiger partial charge in [-0.15, -0.1) is 0 Å². The summed E-state index contributed by atoms with van der Waals surface area (Å²) < 4.78 is 39.7. The Morgan fingerprint density at radius 1 is 1.04 bits per heavy atom. The molecule has 0 saturated carbocycles. The number of aromatic nitrogens is 1. The van der Waals surface area contributed by atoms with Gasteiger partial charge >= 0.3 is 12.2 Å². The van der Waals surface area contributed by atoms with E-state index in [0.29, 0.717) is 5.69 Å². The fourth-order valence-corrected chi connectivity index (χ4v) is 2.64. The third-order valence-electron chi connectivity index (χ3n) is 3.85. The van der Waals surface area contributed by atoms with Crippen LogP contribution in [0.15, 0.2) is 54.7 Å². The van der Waals surface area contributed by atoms with E-state index in [4.69, 9.17) is 0 Å². The molecule has 4 nitrogen and oxygen atoms in total. The van der Waals surface area contributed by atoms with Crippen LogP contribution in [0.1, 0.15) is 12.5 Å². The first kappa shape index (κ1) is 16.9. The van der Waals surface area contributed by atoms with Gasteiger partial charge in [-0.1, -0.05) is 18.2 Å². The number of para-hydroxylation sites is 1. The Bertz CT molecular complexity index is 898. The first-order valence-electron chi connectivity index (χ1n) is 7.71. The largest absolute Gasteiger partial charge is 0.416 e. The Morgan fingerprint density at radius 3 is 2.36 bits per heavy atom. The highest BCUT2D eigenvalue weighted by atomic mass is 19.4. The number of hydrogen-bond acceptors (Lipinski definition) is 1. The number of amides is 2. The van der Waals surface area contributed by atoms with Crippen molar-refractivity contribution in [2.75, 3.05) is 10.6 Å². The second-order valence-corrected chi connectivity index (χ2v) is 5.50. The van der Waals surface area contributed by atoms with Gasteiger partial charge in [0.15, 0.2) is 0 Å². The maximum absolute atomic E-state index is 12.6. The van der Waals surface area contributed by atoms with Crippen molar-refractivity contribution in [3.8, 4) is 0 Å². The van der Waals surface area contributed by atoms with E-state index in [1.54, 1.807) is 0 Å². The van der Waals surface area contributed by atoms with Gasteiger partial charge < -0.3 is 15.2 Å². The van der Waals surface area contributed by atoms with Crippen LogP contribution in [-0.4, -0.2) is 10.6 Å². The summed E-state index contributed by atoms with van der Waals surface area (Å²) >= 11 is 0. The van der Waals surface area contributed by atoms with Crippen LogP contribution in [0.2, 0.25) is 0 Å². The summed E-state index contributed by atoms with van der Waals surface area (Å²) in [5, 5.41) is 6.17. The number of rotatable bonds is 3. The van der Waals surface area contributed by atoms with E-state index < -0.39 is 17.8 Å². The second-order valence-electron chi connectivity index (χ2n) is 5.50. The summed E-state index contributed by atoms with van der Waals surface area (Å²) in [6.45, 7) is 2.75. The van der Waals surface area contributed by atoms with Gasteiger partial charge in [0, 0.05) is 23.8 Å². The summed E-state index contributed by atoms with van der Waals surface area (Å²) in [6, 6.07) is 11.4. The van der Waals surface area contributed by atoms with Crippen LogP contribution in [0, 0.1) is 0 Å². The van der Waals surface area contributed by atoms with Gasteiger partial charge in [-0.3, -0.25) is 0 Å². The van der Waals surface area contributed by atoms with Crippen molar-refractivity contribution in [2.45, 2.75) is 19.6 Å². The van der Waals surface area contributed by atoms with Crippen LogP contribution in [0.3, 0.4) is 0 Å². The highest BCUT2D eigenvalue weighted by molar-refractivity contribution is 6.06. The molecule has 0 aliphatic heterocycles. The lowest BCUT2D eigenvalue weighted by Gasteiger charge is -2.09. The Hall–Kier alpha value is -2.96. The molecule has 7 heteroatoms. The molecule has 0 bridgehead atoms. The van der Waals surface area contributed by atoms with E-state index >= 15 is 0 Å². The molecular formula is C18H16F3N3O. The molecule has 2 N–H and O–H groups in total. The zero-order valence-corrected chi connectivity index (χ0v) is 13.4. The Kier molecular flexibility index (Phi) is 4.39. The van der Waals surface area contributed by atoms with Gasteiger partial charge in [-0.2, -0.15) is 13.2 Å². The number of alkyl halides is 3. The minimum atomic E-state index is -4.40. The zero-order chi connectivity index (χ0) is 18.0. The first-order chi connectivity index (χ1) is 11.9. The molecule has 2 aromatic carbocycles. The Labute approximate surface area is 142 Å². The van der Waals surface area contributed by atoms with Crippen molar-refractivity contribution < 1.29 is 18.0 Å². The zero-order valence-electron chi connectivity index (χ0n) is 13.4. The number of benzene rings is 2. The Morgan fingerprint density at radius 2 is 1.72 bits per heavy atom. The molecule has 0 atom stereocenters. The second kappa shape index (κ2) is 6.51. The first-order valence-corrected chi connectivity index (χ1v) is 7.71. The number of carbonyl (C=O) groups excluding carboxylic acids is 1. The number of hydrogen-bond donors (Lipinski definition) is 2. The van der Waals surface area contributed by atoms with Crippen molar-refractivity contribution in [3.63, 3.8) is 0 Å². The summed E-state index contributed by atoms with van der Waals surface area (Å²) in [4.78, 5) is 12.2. The van der Waals surface area contributed by atoms with Gasteiger partial charge in [-0.05, 0) is 37.3 Å². The SMILES string of the molecule is CCn1cc(NC(=O)Nc2ccc(C(F)(F)F)cc2)c2ccccc21. The summed E-state index contributed by atoms with van der Waals surface area (Å²) in [5.41, 5.74) is 1.16. The topological polar surface area (TPSA) is 46.1 Å². The van der Waals surface area contributed by atoms with Crippen LogP contribution in [0.4, 0.5) is 29.3 Å². The molecule has 0 radical (unpaired) electrons. The van der Waals surface area contributed by atoms with Gasteiger partial charge in [0.25, 0.3) is 0 Å². The number of halogens is 3. The molecule has 25 heavy (non-hydrogen) atoms. The van der Waals surface area contributed by atoms with E-state index in [1.165, 1.54) is 12.1 Å². The lowest BCUT2D eigenvalue weighted by Crippen LogP contribution is -2.19. The van der Waals surface area contributed by atoms with Crippen LogP contribution >= 0.6 is 0 Å². The van der Waals surface area contributed by atoms with Crippen LogP contribution in [0.25, 0.3) is 10.9 Å². The molecule has 2 amide bonds. The minimum Gasteiger partial charge on any atom is -0.346 e. The number of nitrogens with zero attached hydrogens (tertiary/aromatic N) is 1. The number of nitrogens with one attached hydrogen (secondary N) is 2. The van der Waals surface area contributed by atoms with Crippen molar-refractivity contribution in [3.05, 3.63) is 60.3 Å². The van der Waals surface area contributed by atoms with E-state index in [0.717, 1.165) is 29.6 Å². The molecule has 0 unspecified atom stereocenters. The lowest BCUT2D eigenvalue weighted by molar-refractivity contribution is -0.137. The summed E-state index contributed by atoms with van der Waals surface area (Å²) in [5.74, 6) is 0. The number of aryl methyl sites for hydroxylation is 1. The highest BCUT2D eigenvalue weighted by Crippen LogP contribution is 2.30. The molecule has 0 spiro atoms. The number of fused-ring (bicyclic) bond motifs is 1. The third-order valence-corrected chi connectivity index (χ3v) is 3.85. The molecule has 0 fully saturated rings. The van der Waals surface area contributed by atoms with Crippen molar-refractivity contribution in [1.82, 2.24) is 4.57 Å². The predicted octanol–water partition coefficient (Wildman–Crippen LogP) is 5.32. The van der Waals surface area contributed by atoms with E-state index in [1.807, 2.05) is 42.0 Å². The maximum atomic E-state index is 12.6. The van der Waals surface area contributed by atoms with Crippen LogP contribution in [-0.2, 0) is 12.7 Å². The lowest BCUT2D eigenvalue weighted by atomic mass is 10.2. The molecule has 3 aromatic rings. The molecule has 1 aromatic heterocycles. The smallest absolute Gasteiger partial charge is 0.346 e. The molecule has 0 aliphatic carbocycles. The monoisotopic (exact) mass is 347 g/mol. The quantitative estimate of drug-likeness (QED) is 0.661. The normalized spacial score (nSPS) is 11.5. The maximum Gasteiger partial charge on any atom is 0.416 e. The number of anilines is 2. The molecular weight excluding hydrogens is 331 g/mol. The van der Waals surface area contributed by atoms with E-state index in [2.05, 4.69) is 10.6 Å². The molecule has 130 valence electrons. The van der Waals surface area contributed by atoms with Crippen molar-refractivity contribution >= 4 is 28.3 Å². The van der Waals surface area contributed by atoms with Crippen molar-refractivity contribution in [1.29, 1.82) is 0 Å². The summed E-state index contributed by atoms with van der Waals surface area (Å²) in [7, 11) is 0.